The summed E-state index contributed by atoms with van der Waals surface area (Å²) >= 11 is 5.80. The van der Waals surface area contributed by atoms with E-state index in [2.05, 4.69) is 24.3 Å². The molecule has 3 nitrogen and oxygen atoms in total. The zero-order valence-electron chi connectivity index (χ0n) is 11.4. The van der Waals surface area contributed by atoms with E-state index in [9.17, 15) is 4.79 Å². The molecule has 0 heterocycles. The molecule has 1 rings (SSSR count). The lowest BCUT2D eigenvalue weighted by Crippen LogP contribution is -2.46. The molecule has 1 amide bonds. The van der Waals surface area contributed by atoms with Crippen molar-refractivity contribution in [1.82, 2.24) is 10.2 Å². The summed E-state index contributed by atoms with van der Waals surface area (Å²) in [6, 6.07) is 1.00. The highest BCUT2D eigenvalue weighted by atomic mass is 35.5. The van der Waals surface area contributed by atoms with Crippen molar-refractivity contribution in [2.75, 3.05) is 20.0 Å². The summed E-state index contributed by atoms with van der Waals surface area (Å²) in [5.74, 6) is 0.451. The van der Waals surface area contributed by atoms with Gasteiger partial charge in [0, 0.05) is 18.0 Å². The van der Waals surface area contributed by atoms with Gasteiger partial charge in [-0.05, 0) is 53.6 Å². The van der Waals surface area contributed by atoms with E-state index < -0.39 is 5.41 Å². The van der Waals surface area contributed by atoms with Crippen LogP contribution in [0.2, 0.25) is 0 Å². The molecule has 1 aliphatic rings. The maximum atomic E-state index is 12.0. The van der Waals surface area contributed by atoms with Crippen molar-refractivity contribution in [2.24, 2.45) is 5.41 Å². The zero-order chi connectivity index (χ0) is 13.1. The van der Waals surface area contributed by atoms with Crippen LogP contribution >= 0.6 is 11.6 Å². The lowest BCUT2D eigenvalue weighted by atomic mass is 9.88. The quantitative estimate of drug-likeness (QED) is 0.787. The Balaban J connectivity index is 2.38. The van der Waals surface area contributed by atoms with Crippen molar-refractivity contribution in [2.45, 2.75) is 51.6 Å². The minimum atomic E-state index is -0.458. The van der Waals surface area contributed by atoms with Gasteiger partial charge in [0.2, 0.25) is 5.91 Å². The maximum absolute atomic E-state index is 12.0. The normalized spacial score (nSPS) is 26.0. The largest absolute Gasteiger partial charge is 0.353 e. The third-order valence-corrected chi connectivity index (χ3v) is 4.38. The highest BCUT2D eigenvalue weighted by Gasteiger charge is 2.30. The molecule has 0 bridgehead atoms. The zero-order valence-corrected chi connectivity index (χ0v) is 12.2. The fourth-order valence-corrected chi connectivity index (χ4v) is 2.30. The van der Waals surface area contributed by atoms with Gasteiger partial charge in [0.05, 0.1) is 5.41 Å². The molecule has 17 heavy (non-hydrogen) atoms. The summed E-state index contributed by atoms with van der Waals surface area (Å²) < 4.78 is 0. The minimum Gasteiger partial charge on any atom is -0.353 e. The lowest BCUT2D eigenvalue weighted by molar-refractivity contribution is -0.129. The Labute approximate surface area is 110 Å². The van der Waals surface area contributed by atoms with E-state index in [4.69, 9.17) is 11.6 Å². The molecule has 1 fully saturated rings. The SMILES string of the molecule is CN(C)C1CCC(NC(=O)C(C)(C)CCl)CC1. The van der Waals surface area contributed by atoms with Crippen molar-refractivity contribution < 1.29 is 4.79 Å². The Hall–Kier alpha value is -0.280. The second-order valence-corrected chi connectivity index (χ2v) is 6.23. The number of alkyl halides is 1. The summed E-state index contributed by atoms with van der Waals surface area (Å²) in [6.07, 6.45) is 4.48. The van der Waals surface area contributed by atoms with Gasteiger partial charge >= 0.3 is 0 Å². The Morgan fingerprint density at radius 1 is 1.29 bits per heavy atom. The van der Waals surface area contributed by atoms with Crippen LogP contribution in [0.15, 0.2) is 0 Å². The average molecular weight is 261 g/mol. The highest BCUT2D eigenvalue weighted by Crippen LogP contribution is 2.23. The topological polar surface area (TPSA) is 32.3 Å². The van der Waals surface area contributed by atoms with Crippen LogP contribution in [0, 0.1) is 5.41 Å². The van der Waals surface area contributed by atoms with Crippen LogP contribution in [0.4, 0.5) is 0 Å². The second kappa shape index (κ2) is 6.05. The van der Waals surface area contributed by atoms with E-state index in [1.165, 1.54) is 12.8 Å². The van der Waals surface area contributed by atoms with Gasteiger partial charge in [-0.15, -0.1) is 11.6 Å². The van der Waals surface area contributed by atoms with Crippen molar-refractivity contribution in [3.63, 3.8) is 0 Å². The number of halogens is 1. The van der Waals surface area contributed by atoms with Crippen LogP contribution in [0.5, 0.6) is 0 Å². The first-order valence-corrected chi connectivity index (χ1v) is 6.93. The van der Waals surface area contributed by atoms with E-state index in [1.807, 2.05) is 13.8 Å². The highest BCUT2D eigenvalue weighted by molar-refractivity contribution is 6.19. The van der Waals surface area contributed by atoms with Gasteiger partial charge in [-0.2, -0.15) is 0 Å². The average Bonchev–Trinajstić information content (AvgIpc) is 2.29. The predicted octanol–water partition coefficient (Wildman–Crippen LogP) is 2.24. The molecule has 0 spiro atoms. The summed E-state index contributed by atoms with van der Waals surface area (Å²) in [5, 5.41) is 3.13. The molecule has 0 aromatic heterocycles. The predicted molar refractivity (Wildman–Crippen MR) is 72.4 cm³/mol. The molecule has 1 aliphatic carbocycles. The summed E-state index contributed by atoms with van der Waals surface area (Å²) in [7, 11) is 4.25. The van der Waals surface area contributed by atoms with Gasteiger partial charge < -0.3 is 10.2 Å². The van der Waals surface area contributed by atoms with E-state index in [0.29, 0.717) is 18.0 Å². The Morgan fingerprint density at radius 2 is 1.82 bits per heavy atom. The second-order valence-electron chi connectivity index (χ2n) is 5.96. The Bertz CT molecular complexity index is 258. The third-order valence-electron chi connectivity index (χ3n) is 3.71. The van der Waals surface area contributed by atoms with Crippen LogP contribution in [-0.2, 0) is 4.79 Å². The van der Waals surface area contributed by atoms with Crippen molar-refractivity contribution in [3.8, 4) is 0 Å². The molecule has 100 valence electrons. The summed E-state index contributed by atoms with van der Waals surface area (Å²) in [5.41, 5.74) is -0.458. The molecule has 1 N–H and O–H groups in total. The summed E-state index contributed by atoms with van der Waals surface area (Å²) in [6.45, 7) is 3.78. The number of carbonyl (C=O) groups excluding carboxylic acids is 1. The molecule has 0 atom stereocenters. The lowest BCUT2D eigenvalue weighted by Gasteiger charge is -2.34. The van der Waals surface area contributed by atoms with Crippen LogP contribution in [0.3, 0.4) is 0 Å². The molecule has 0 saturated heterocycles. The fourth-order valence-electron chi connectivity index (χ4n) is 2.18. The van der Waals surface area contributed by atoms with Gasteiger partial charge in [-0.1, -0.05) is 0 Å². The number of rotatable bonds is 4. The van der Waals surface area contributed by atoms with E-state index >= 15 is 0 Å². The fraction of sp³-hybridized carbons (Fsp3) is 0.923. The molecule has 0 aromatic rings. The minimum absolute atomic E-state index is 0.0841. The number of amides is 1. The van der Waals surface area contributed by atoms with Crippen molar-refractivity contribution in [1.29, 1.82) is 0 Å². The maximum Gasteiger partial charge on any atom is 0.227 e. The monoisotopic (exact) mass is 260 g/mol. The Kier molecular flexibility index (Phi) is 5.26. The molecule has 1 saturated carbocycles. The number of hydrogen-bond acceptors (Lipinski definition) is 2. The first-order chi connectivity index (χ1) is 7.86. The molecule has 0 unspecified atom stereocenters. The van der Waals surface area contributed by atoms with Crippen molar-refractivity contribution in [3.05, 3.63) is 0 Å². The molecule has 0 aliphatic heterocycles. The van der Waals surface area contributed by atoms with Gasteiger partial charge in [0.1, 0.15) is 0 Å². The van der Waals surface area contributed by atoms with Crippen LogP contribution < -0.4 is 5.32 Å². The first-order valence-electron chi connectivity index (χ1n) is 6.40. The summed E-state index contributed by atoms with van der Waals surface area (Å²) in [4.78, 5) is 14.3. The van der Waals surface area contributed by atoms with E-state index in [0.717, 1.165) is 12.8 Å². The van der Waals surface area contributed by atoms with Gasteiger partial charge in [-0.3, -0.25) is 4.79 Å². The standard InChI is InChI=1S/C13H25ClN2O/c1-13(2,9-14)12(17)15-10-5-7-11(8-6-10)16(3)4/h10-11H,5-9H2,1-4H3,(H,15,17). The molecular formula is C13H25ClN2O. The van der Waals surface area contributed by atoms with Crippen LogP contribution in [0.1, 0.15) is 39.5 Å². The molecule has 4 heteroatoms. The first kappa shape index (κ1) is 14.8. The van der Waals surface area contributed by atoms with Gasteiger partial charge in [0.25, 0.3) is 0 Å². The van der Waals surface area contributed by atoms with E-state index in [1.54, 1.807) is 0 Å². The van der Waals surface area contributed by atoms with Crippen LogP contribution in [0.25, 0.3) is 0 Å². The number of carbonyl (C=O) groups is 1. The molecule has 0 radical (unpaired) electrons. The van der Waals surface area contributed by atoms with Gasteiger partial charge in [0.15, 0.2) is 0 Å². The smallest absolute Gasteiger partial charge is 0.227 e. The molecule has 0 aromatic carbocycles. The van der Waals surface area contributed by atoms with E-state index in [-0.39, 0.29) is 5.91 Å². The third kappa shape index (κ3) is 4.14. The molecular weight excluding hydrogens is 236 g/mol. The van der Waals surface area contributed by atoms with Crippen LogP contribution in [-0.4, -0.2) is 42.9 Å². The van der Waals surface area contributed by atoms with Gasteiger partial charge in [-0.25, -0.2) is 0 Å². The number of nitrogens with zero attached hydrogens (tertiary/aromatic N) is 1. The number of hydrogen-bond donors (Lipinski definition) is 1. The Morgan fingerprint density at radius 3 is 2.24 bits per heavy atom. The van der Waals surface area contributed by atoms with Crippen molar-refractivity contribution >= 4 is 17.5 Å². The number of nitrogens with one attached hydrogen (secondary N) is 1.